The van der Waals surface area contributed by atoms with E-state index in [-0.39, 0.29) is 17.8 Å². The van der Waals surface area contributed by atoms with Gasteiger partial charge in [-0.15, -0.1) is 0 Å². The first-order valence-electron chi connectivity index (χ1n) is 12.2. The maximum absolute atomic E-state index is 12.8. The molecule has 35 heavy (non-hydrogen) atoms. The Balaban J connectivity index is 1.22. The number of carbonyl (C=O) groups is 2. The largest absolute Gasteiger partial charge is 0.497 e. The van der Waals surface area contributed by atoms with Crippen molar-refractivity contribution in [3.05, 3.63) is 24.3 Å². The molecule has 190 valence electrons. The number of hydrogen-bond donors (Lipinski definition) is 1. The van der Waals surface area contributed by atoms with E-state index in [0.29, 0.717) is 37.4 Å². The van der Waals surface area contributed by atoms with Gasteiger partial charge >= 0.3 is 12.0 Å². The molecule has 0 spiro atoms. The van der Waals surface area contributed by atoms with Crippen molar-refractivity contribution < 1.29 is 23.6 Å². The van der Waals surface area contributed by atoms with Crippen LogP contribution in [0.4, 0.5) is 6.01 Å². The van der Waals surface area contributed by atoms with Crippen LogP contribution in [0.2, 0.25) is 0 Å². The van der Waals surface area contributed by atoms with Crippen molar-refractivity contribution in [1.82, 2.24) is 20.4 Å². The molecule has 2 fully saturated rings. The first kappa shape index (κ1) is 25.0. The molecule has 1 aromatic carbocycles. The molecule has 0 aliphatic carbocycles. The summed E-state index contributed by atoms with van der Waals surface area (Å²) in [5.74, 6) is 1.47. The van der Waals surface area contributed by atoms with E-state index in [2.05, 4.69) is 20.4 Å². The molecular weight excluding hydrogens is 450 g/mol. The normalized spacial score (nSPS) is 19.5. The van der Waals surface area contributed by atoms with Crippen LogP contribution in [0.5, 0.6) is 5.75 Å². The number of aromatic nitrogens is 2. The van der Waals surface area contributed by atoms with Gasteiger partial charge in [-0.2, -0.15) is 4.98 Å². The topological polar surface area (TPSA) is 110 Å². The quantitative estimate of drug-likeness (QED) is 0.563. The lowest BCUT2D eigenvalue weighted by molar-refractivity contribution is -0.152. The van der Waals surface area contributed by atoms with E-state index in [1.807, 2.05) is 43.0 Å². The van der Waals surface area contributed by atoms with E-state index in [4.69, 9.17) is 14.0 Å². The lowest BCUT2D eigenvalue weighted by Crippen LogP contribution is -2.50. The highest BCUT2D eigenvalue weighted by Crippen LogP contribution is 2.27. The molecule has 0 saturated carbocycles. The number of esters is 1. The van der Waals surface area contributed by atoms with Crippen molar-refractivity contribution in [2.75, 3.05) is 51.8 Å². The number of nitrogens with zero attached hydrogens (tertiary/aromatic N) is 4. The molecule has 1 atom stereocenters. The summed E-state index contributed by atoms with van der Waals surface area (Å²) < 4.78 is 15.6. The number of ether oxygens (including phenoxy) is 2. The van der Waals surface area contributed by atoms with Crippen LogP contribution in [0.1, 0.15) is 33.1 Å². The fourth-order valence-corrected chi connectivity index (χ4v) is 4.81. The Kier molecular flexibility index (Phi) is 7.59. The minimum Gasteiger partial charge on any atom is -0.497 e. The van der Waals surface area contributed by atoms with Crippen LogP contribution in [0.25, 0.3) is 11.4 Å². The molecule has 2 aliphatic heterocycles. The number of methoxy groups -OCH3 is 2. The van der Waals surface area contributed by atoms with Gasteiger partial charge in [0.1, 0.15) is 11.3 Å². The molecule has 1 unspecified atom stereocenters. The minimum absolute atomic E-state index is 0.0285. The number of nitrogens with one attached hydrogen (secondary N) is 1. The minimum atomic E-state index is -0.650. The van der Waals surface area contributed by atoms with Gasteiger partial charge in [0.05, 0.1) is 14.2 Å². The number of piperidine rings is 1. The number of anilines is 1. The number of hydrogen-bond acceptors (Lipinski definition) is 9. The van der Waals surface area contributed by atoms with Crippen LogP contribution in [-0.2, 0) is 14.3 Å². The Labute approximate surface area is 205 Å². The van der Waals surface area contributed by atoms with Gasteiger partial charge in [-0.25, -0.2) is 0 Å². The third kappa shape index (κ3) is 5.58. The second-order valence-corrected chi connectivity index (χ2v) is 9.79. The van der Waals surface area contributed by atoms with Crippen molar-refractivity contribution in [3.63, 3.8) is 0 Å². The smallest absolute Gasteiger partial charge is 0.325 e. The van der Waals surface area contributed by atoms with Gasteiger partial charge in [0.15, 0.2) is 0 Å². The molecule has 1 N–H and O–H groups in total. The lowest BCUT2D eigenvalue weighted by Gasteiger charge is -2.32. The highest BCUT2D eigenvalue weighted by molar-refractivity contribution is 5.80. The lowest BCUT2D eigenvalue weighted by atomic mass is 9.96. The summed E-state index contributed by atoms with van der Waals surface area (Å²) in [5, 5.41) is 7.24. The van der Waals surface area contributed by atoms with Crippen LogP contribution in [0.15, 0.2) is 28.8 Å². The molecule has 10 nitrogen and oxygen atoms in total. The van der Waals surface area contributed by atoms with Crippen LogP contribution >= 0.6 is 0 Å². The van der Waals surface area contributed by atoms with Gasteiger partial charge in [0, 0.05) is 37.7 Å². The number of carbonyl (C=O) groups excluding carboxylic acids is 2. The molecule has 1 aromatic heterocycles. The van der Waals surface area contributed by atoms with E-state index < -0.39 is 5.54 Å². The van der Waals surface area contributed by atoms with Crippen molar-refractivity contribution >= 4 is 17.9 Å². The predicted molar refractivity (Wildman–Crippen MR) is 130 cm³/mol. The van der Waals surface area contributed by atoms with Crippen molar-refractivity contribution in [1.29, 1.82) is 0 Å². The summed E-state index contributed by atoms with van der Waals surface area (Å²) in [4.78, 5) is 33.6. The van der Waals surface area contributed by atoms with E-state index in [1.165, 1.54) is 7.11 Å². The van der Waals surface area contributed by atoms with E-state index in [0.717, 1.165) is 43.7 Å². The molecule has 2 saturated heterocycles. The molecule has 4 rings (SSSR count). The Hall–Kier alpha value is -3.14. The zero-order valence-electron chi connectivity index (χ0n) is 21.0. The van der Waals surface area contributed by atoms with Gasteiger partial charge in [-0.05, 0) is 69.8 Å². The third-order valence-corrected chi connectivity index (χ3v) is 7.23. The molecule has 2 aromatic rings. The third-order valence-electron chi connectivity index (χ3n) is 7.23. The highest BCUT2D eigenvalue weighted by atomic mass is 16.5. The maximum atomic E-state index is 12.8. The van der Waals surface area contributed by atoms with Crippen LogP contribution < -0.4 is 15.0 Å². The summed E-state index contributed by atoms with van der Waals surface area (Å²) in [6.07, 6.45) is 2.42. The highest BCUT2D eigenvalue weighted by Gasteiger charge is 2.40. The molecule has 1 amide bonds. The second kappa shape index (κ2) is 10.6. The Morgan fingerprint density at radius 3 is 2.49 bits per heavy atom. The Morgan fingerprint density at radius 2 is 1.83 bits per heavy atom. The standard InChI is InChI=1S/C25H35N5O5/c1-25(2,23(32)34-4)30-14-9-17(16-30)15-26-22(31)19-10-12-29(13-11-19)24-27-21(28-35-24)18-5-7-20(33-3)8-6-18/h5-8,17,19H,9-16H2,1-4H3,(H,26,31). The van der Waals surface area contributed by atoms with Crippen LogP contribution in [-0.4, -0.2) is 79.4 Å². The van der Waals surface area contributed by atoms with Crippen molar-refractivity contribution in [2.24, 2.45) is 11.8 Å². The summed E-state index contributed by atoms with van der Waals surface area (Å²) in [7, 11) is 3.04. The number of benzene rings is 1. The summed E-state index contributed by atoms with van der Waals surface area (Å²) in [6, 6.07) is 7.99. The van der Waals surface area contributed by atoms with Gasteiger partial charge in [-0.1, -0.05) is 5.16 Å². The summed E-state index contributed by atoms with van der Waals surface area (Å²) in [5.41, 5.74) is 0.206. The summed E-state index contributed by atoms with van der Waals surface area (Å²) in [6.45, 7) is 7.37. The first-order valence-corrected chi connectivity index (χ1v) is 12.2. The number of likely N-dealkylation sites (tertiary alicyclic amines) is 1. The van der Waals surface area contributed by atoms with E-state index in [1.54, 1.807) is 7.11 Å². The van der Waals surface area contributed by atoms with Crippen LogP contribution in [0, 0.1) is 11.8 Å². The fraction of sp³-hybridized carbons (Fsp3) is 0.600. The van der Waals surface area contributed by atoms with E-state index >= 15 is 0 Å². The van der Waals surface area contributed by atoms with Crippen molar-refractivity contribution in [2.45, 2.75) is 38.6 Å². The van der Waals surface area contributed by atoms with Gasteiger partial charge < -0.3 is 24.2 Å². The number of amides is 1. The van der Waals surface area contributed by atoms with Crippen LogP contribution in [0.3, 0.4) is 0 Å². The molecular formula is C25H35N5O5. The molecule has 3 heterocycles. The zero-order chi connectivity index (χ0) is 25.0. The zero-order valence-corrected chi connectivity index (χ0v) is 21.0. The van der Waals surface area contributed by atoms with Gasteiger partial charge in [0.25, 0.3) is 0 Å². The SMILES string of the molecule is COC(=O)C(C)(C)N1CCC(CNC(=O)C2CCN(c3nc(-c4ccc(OC)cc4)no3)CC2)C1. The van der Waals surface area contributed by atoms with Gasteiger partial charge in [-0.3, -0.25) is 14.5 Å². The molecule has 0 radical (unpaired) electrons. The summed E-state index contributed by atoms with van der Waals surface area (Å²) >= 11 is 0. The average molecular weight is 486 g/mol. The maximum Gasteiger partial charge on any atom is 0.325 e. The monoisotopic (exact) mass is 485 g/mol. The molecule has 0 bridgehead atoms. The average Bonchev–Trinajstić information content (AvgIpc) is 3.57. The van der Waals surface area contributed by atoms with Gasteiger partial charge in [0.2, 0.25) is 11.7 Å². The Bertz CT molecular complexity index is 1010. The second-order valence-electron chi connectivity index (χ2n) is 9.79. The molecule has 10 heteroatoms. The van der Waals surface area contributed by atoms with Crippen molar-refractivity contribution in [3.8, 4) is 17.1 Å². The van der Waals surface area contributed by atoms with E-state index in [9.17, 15) is 9.59 Å². The molecule has 2 aliphatic rings. The first-order chi connectivity index (χ1) is 16.8. The predicted octanol–water partition coefficient (Wildman–Crippen LogP) is 2.35. The number of rotatable bonds is 8. The fourth-order valence-electron chi connectivity index (χ4n) is 4.81. The Morgan fingerprint density at radius 1 is 1.11 bits per heavy atom.